The second-order valence-corrected chi connectivity index (χ2v) is 8.37. The number of anilines is 1. The van der Waals surface area contributed by atoms with Crippen molar-refractivity contribution in [1.29, 1.82) is 0 Å². The number of methoxy groups -OCH3 is 1. The van der Waals surface area contributed by atoms with Gasteiger partial charge in [0, 0.05) is 12.2 Å². The average Bonchev–Trinajstić information content (AvgIpc) is 2.71. The molecule has 3 N–H and O–H groups in total. The van der Waals surface area contributed by atoms with Crippen molar-refractivity contribution in [2.45, 2.75) is 39.3 Å². The lowest BCUT2D eigenvalue weighted by atomic mass is 10.2. The maximum atomic E-state index is 11.9. The number of unbranched alkanes of at least 4 members (excludes halogenated alkanes) is 1. The first-order chi connectivity index (χ1) is 14.7. The van der Waals surface area contributed by atoms with E-state index in [9.17, 15) is 22.8 Å². The maximum Gasteiger partial charge on any atom is 0.411 e. The van der Waals surface area contributed by atoms with Crippen molar-refractivity contribution < 1.29 is 37.0 Å². The van der Waals surface area contributed by atoms with Crippen molar-refractivity contribution in [2.24, 2.45) is 0 Å². The Kier molecular flexibility index (Phi) is 11.4. The second kappa shape index (κ2) is 13.4. The van der Waals surface area contributed by atoms with Crippen LogP contribution in [0.1, 0.15) is 32.3 Å². The molecule has 0 saturated carbocycles. The molecule has 31 heavy (non-hydrogen) atoms. The minimum atomic E-state index is -3.80. The third kappa shape index (κ3) is 11.2. The molecule has 0 saturated heterocycles. The van der Waals surface area contributed by atoms with Crippen LogP contribution in [0.15, 0.2) is 24.3 Å². The number of ether oxygens (including phenoxy) is 3. The quantitative estimate of drug-likeness (QED) is 0.243. The Morgan fingerprint density at radius 2 is 1.87 bits per heavy atom. The van der Waals surface area contributed by atoms with Crippen molar-refractivity contribution in [3.63, 3.8) is 0 Å². The maximum absolute atomic E-state index is 11.9. The van der Waals surface area contributed by atoms with E-state index in [1.807, 2.05) is 6.92 Å². The lowest BCUT2D eigenvalue weighted by Gasteiger charge is -2.12. The van der Waals surface area contributed by atoms with Gasteiger partial charge in [0.15, 0.2) is 0 Å². The molecule has 12 heteroatoms. The highest BCUT2D eigenvalue weighted by Gasteiger charge is 2.20. The Morgan fingerprint density at radius 1 is 1.13 bits per heavy atom. The van der Waals surface area contributed by atoms with Crippen LogP contribution in [0.2, 0.25) is 0 Å². The van der Waals surface area contributed by atoms with Gasteiger partial charge in [0.2, 0.25) is 10.0 Å². The van der Waals surface area contributed by atoms with Gasteiger partial charge in [-0.15, -0.1) is 0 Å². The zero-order valence-corrected chi connectivity index (χ0v) is 18.6. The predicted octanol–water partition coefficient (Wildman–Crippen LogP) is 1.74. The molecule has 0 fully saturated rings. The Balaban J connectivity index is 2.39. The number of carbonyl (C=O) groups excluding carboxylic acids is 3. The Bertz CT molecular complexity index is 844. The van der Waals surface area contributed by atoms with Gasteiger partial charge in [0.05, 0.1) is 19.5 Å². The summed E-state index contributed by atoms with van der Waals surface area (Å²) in [6.45, 7) is 3.36. The Labute approximate surface area is 181 Å². The van der Waals surface area contributed by atoms with E-state index in [2.05, 4.69) is 20.1 Å². The van der Waals surface area contributed by atoms with Gasteiger partial charge in [0.1, 0.15) is 12.6 Å². The number of hydrogen-bond donors (Lipinski definition) is 3. The first-order valence-electron chi connectivity index (χ1n) is 9.68. The molecule has 2 amide bonds. The van der Waals surface area contributed by atoms with Crippen LogP contribution in [0.5, 0.6) is 0 Å². The molecule has 0 unspecified atom stereocenters. The smallest absolute Gasteiger partial charge is 0.411 e. The molecular weight excluding hydrogens is 430 g/mol. The van der Waals surface area contributed by atoms with Crippen LogP contribution in [0.25, 0.3) is 0 Å². The highest BCUT2D eigenvalue weighted by molar-refractivity contribution is 7.89. The lowest BCUT2D eigenvalue weighted by Crippen LogP contribution is -2.42. The van der Waals surface area contributed by atoms with Crippen molar-refractivity contribution in [3.8, 4) is 0 Å². The van der Waals surface area contributed by atoms with Crippen LogP contribution in [-0.4, -0.2) is 58.6 Å². The molecule has 0 aromatic heterocycles. The van der Waals surface area contributed by atoms with E-state index in [0.29, 0.717) is 17.9 Å². The summed E-state index contributed by atoms with van der Waals surface area (Å²) in [6.07, 6.45) is 0.309. The topological polar surface area (TPSA) is 149 Å². The van der Waals surface area contributed by atoms with Gasteiger partial charge in [-0.05, 0) is 31.0 Å². The van der Waals surface area contributed by atoms with Gasteiger partial charge in [-0.2, -0.15) is 0 Å². The SMILES string of the molecule is CCCCOC(=O)Nc1cccc(COC(=O)NCCS(=O)(=O)N[C@@H](C)C(=O)OC)c1. The zero-order chi connectivity index (χ0) is 23.3. The number of hydrogen-bond acceptors (Lipinski definition) is 8. The number of alkyl carbamates (subject to hydrolysis) is 1. The molecule has 0 aliphatic carbocycles. The van der Waals surface area contributed by atoms with Crippen LogP contribution >= 0.6 is 0 Å². The van der Waals surface area contributed by atoms with Crippen molar-refractivity contribution >= 4 is 33.9 Å². The predicted molar refractivity (Wildman–Crippen MR) is 113 cm³/mol. The van der Waals surface area contributed by atoms with E-state index in [1.165, 1.54) is 6.92 Å². The first kappa shape index (κ1) is 26.2. The Hall–Kier alpha value is -2.86. The summed E-state index contributed by atoms with van der Waals surface area (Å²) >= 11 is 0. The molecule has 174 valence electrons. The van der Waals surface area contributed by atoms with Gasteiger partial charge >= 0.3 is 18.2 Å². The van der Waals surface area contributed by atoms with Crippen LogP contribution in [0, 0.1) is 0 Å². The average molecular weight is 460 g/mol. The van der Waals surface area contributed by atoms with E-state index >= 15 is 0 Å². The van der Waals surface area contributed by atoms with E-state index < -0.39 is 40.0 Å². The molecule has 1 aromatic carbocycles. The molecule has 1 atom stereocenters. The molecule has 1 aromatic rings. The number of nitrogens with one attached hydrogen (secondary N) is 3. The fourth-order valence-corrected chi connectivity index (χ4v) is 3.37. The summed E-state index contributed by atoms with van der Waals surface area (Å²) in [5.41, 5.74) is 1.10. The second-order valence-electron chi connectivity index (χ2n) is 6.50. The van der Waals surface area contributed by atoms with Gasteiger partial charge in [-0.3, -0.25) is 10.1 Å². The largest absolute Gasteiger partial charge is 0.468 e. The normalized spacial score (nSPS) is 11.8. The number of sulfonamides is 1. The van der Waals surface area contributed by atoms with E-state index in [-0.39, 0.29) is 13.2 Å². The molecule has 0 aliphatic heterocycles. The van der Waals surface area contributed by atoms with Crippen molar-refractivity contribution in [3.05, 3.63) is 29.8 Å². The zero-order valence-electron chi connectivity index (χ0n) is 17.8. The van der Waals surface area contributed by atoms with Gasteiger partial charge < -0.3 is 19.5 Å². The number of rotatable bonds is 12. The number of carbonyl (C=O) groups is 3. The molecule has 0 radical (unpaired) electrons. The molecule has 0 heterocycles. The van der Waals surface area contributed by atoms with Crippen LogP contribution < -0.4 is 15.4 Å². The summed E-state index contributed by atoms with van der Waals surface area (Å²) in [5, 5.41) is 4.90. The lowest BCUT2D eigenvalue weighted by molar-refractivity contribution is -0.142. The molecule has 0 aliphatic rings. The van der Waals surface area contributed by atoms with Crippen LogP contribution in [0.4, 0.5) is 15.3 Å². The first-order valence-corrected chi connectivity index (χ1v) is 11.3. The third-order valence-corrected chi connectivity index (χ3v) is 5.28. The van der Waals surface area contributed by atoms with Gasteiger partial charge in [0.25, 0.3) is 0 Å². The minimum Gasteiger partial charge on any atom is -0.468 e. The monoisotopic (exact) mass is 459 g/mol. The number of amides is 2. The van der Waals surface area contributed by atoms with Gasteiger partial charge in [-0.1, -0.05) is 25.5 Å². The molecular formula is C19H29N3O8S. The fourth-order valence-electron chi connectivity index (χ4n) is 2.24. The summed E-state index contributed by atoms with van der Waals surface area (Å²) < 4.78 is 40.4. The standard InChI is InChI=1S/C19H29N3O8S/c1-4-5-10-29-19(25)21-16-8-6-7-15(12-16)13-30-18(24)20-9-11-31(26,27)22-14(2)17(23)28-3/h6-8,12,14,22H,4-5,9-11,13H2,1-3H3,(H,20,24)(H,21,25)/t14-/m0/s1. The van der Waals surface area contributed by atoms with Crippen molar-refractivity contribution in [2.75, 3.05) is 31.3 Å². The molecule has 1 rings (SSSR count). The summed E-state index contributed by atoms with van der Waals surface area (Å²) in [7, 11) is -2.65. The van der Waals surface area contributed by atoms with E-state index in [4.69, 9.17) is 9.47 Å². The van der Waals surface area contributed by atoms with E-state index in [1.54, 1.807) is 24.3 Å². The summed E-state index contributed by atoms with van der Waals surface area (Å²) in [6, 6.07) is 5.63. The number of benzene rings is 1. The fraction of sp³-hybridized carbons (Fsp3) is 0.526. The molecule has 0 spiro atoms. The van der Waals surface area contributed by atoms with Crippen molar-refractivity contribution in [1.82, 2.24) is 10.0 Å². The minimum absolute atomic E-state index is 0.0867. The summed E-state index contributed by atoms with van der Waals surface area (Å²) in [5.74, 6) is -1.16. The number of esters is 1. The highest BCUT2D eigenvalue weighted by Crippen LogP contribution is 2.12. The molecule has 11 nitrogen and oxygen atoms in total. The van der Waals surface area contributed by atoms with Crippen LogP contribution in [0.3, 0.4) is 0 Å². The molecule has 0 bridgehead atoms. The van der Waals surface area contributed by atoms with Crippen LogP contribution in [-0.2, 0) is 35.6 Å². The Morgan fingerprint density at radius 3 is 2.55 bits per heavy atom. The van der Waals surface area contributed by atoms with E-state index in [0.717, 1.165) is 20.0 Å². The summed E-state index contributed by atoms with van der Waals surface area (Å²) in [4.78, 5) is 34.7. The third-order valence-electron chi connectivity index (χ3n) is 3.83. The highest BCUT2D eigenvalue weighted by atomic mass is 32.2. The van der Waals surface area contributed by atoms with Gasteiger partial charge in [-0.25, -0.2) is 22.7 Å².